The van der Waals surface area contributed by atoms with Crippen LogP contribution in [0.2, 0.25) is 0 Å². The van der Waals surface area contributed by atoms with Gasteiger partial charge in [0.1, 0.15) is 16.8 Å². The van der Waals surface area contributed by atoms with E-state index < -0.39 is 22.6 Å². The molecule has 168 valence electrons. The third kappa shape index (κ3) is 4.31. The number of nitrogens with one attached hydrogen (secondary N) is 2. The molecule has 1 saturated heterocycles. The maximum Gasteiger partial charge on any atom is 0.353 e. The molecule has 2 aromatic rings. The highest BCUT2D eigenvalue weighted by atomic mass is 32.2. The lowest BCUT2D eigenvalue weighted by Crippen LogP contribution is -2.57. The van der Waals surface area contributed by atoms with Crippen LogP contribution in [-0.2, 0) is 20.8 Å². The number of thioether (sulfide) groups is 2. The number of aromatic nitrogens is 3. The number of nitrogen functional groups attached to an aromatic ring is 1. The third-order valence-corrected chi connectivity index (χ3v) is 7.95. The van der Waals surface area contributed by atoms with Gasteiger partial charge in [-0.1, -0.05) is 5.16 Å². The van der Waals surface area contributed by atoms with Crippen molar-refractivity contribution in [2.45, 2.75) is 23.6 Å². The Balaban J connectivity index is 1.59. The number of β-lactam (4-membered cyclic amide) rings is 1. The van der Waals surface area contributed by atoms with Crippen molar-refractivity contribution in [2.24, 2.45) is 5.16 Å². The minimum absolute atomic E-state index is 0.102. The molecule has 6 N–H and O–H groups in total. The van der Waals surface area contributed by atoms with Gasteiger partial charge < -0.3 is 21.4 Å². The second-order valence-corrected chi connectivity index (χ2v) is 9.97. The van der Waals surface area contributed by atoms with Crippen molar-refractivity contribution in [1.29, 1.82) is 0 Å². The van der Waals surface area contributed by atoms with Gasteiger partial charge in [0.05, 0.1) is 18.0 Å². The van der Waals surface area contributed by atoms with Crippen LogP contribution >= 0.6 is 34.9 Å². The lowest BCUT2D eigenvalue weighted by atomic mass is 10.1. The molecule has 0 bridgehead atoms. The van der Waals surface area contributed by atoms with Gasteiger partial charge in [0, 0.05) is 22.2 Å². The highest BCUT2D eigenvalue weighted by Gasteiger charge is 2.49. The monoisotopic (exact) mass is 495 g/mol. The van der Waals surface area contributed by atoms with Gasteiger partial charge in [0.2, 0.25) is 5.91 Å². The van der Waals surface area contributed by atoms with Crippen LogP contribution in [0, 0.1) is 0 Å². The van der Waals surface area contributed by atoms with Gasteiger partial charge in [-0.05, 0) is 12.0 Å². The first-order valence-electron chi connectivity index (χ1n) is 9.18. The maximum absolute atomic E-state index is 12.8. The van der Waals surface area contributed by atoms with Gasteiger partial charge in [-0.15, -0.1) is 34.9 Å². The number of aliphatic carboxylic acids is 1. The number of carbonyl (C=O) groups is 3. The molecule has 2 atom stereocenters. The van der Waals surface area contributed by atoms with Crippen LogP contribution in [0.1, 0.15) is 17.7 Å². The number of oxime groups is 1. The Morgan fingerprint density at radius 2 is 2.28 bits per heavy atom. The largest absolute Gasteiger partial charge is 0.477 e. The van der Waals surface area contributed by atoms with Crippen molar-refractivity contribution in [1.82, 2.24) is 25.4 Å². The number of H-pyrrole nitrogens is 1. The number of rotatable bonds is 8. The van der Waals surface area contributed by atoms with Crippen LogP contribution in [0.25, 0.3) is 0 Å². The number of anilines is 1. The Hall–Kier alpha value is -3.04. The first kappa shape index (κ1) is 22.2. The number of aryl methyl sites for hydroxylation is 1. The fourth-order valence-electron chi connectivity index (χ4n) is 3.17. The van der Waals surface area contributed by atoms with Gasteiger partial charge in [-0.3, -0.25) is 19.6 Å². The van der Waals surface area contributed by atoms with Crippen LogP contribution in [0.5, 0.6) is 0 Å². The minimum Gasteiger partial charge on any atom is -0.477 e. The van der Waals surface area contributed by atoms with E-state index in [0.717, 1.165) is 16.9 Å². The number of fused-ring (bicyclic) bond motifs is 1. The van der Waals surface area contributed by atoms with Crippen molar-refractivity contribution in [3.05, 3.63) is 39.6 Å². The summed E-state index contributed by atoms with van der Waals surface area (Å²) in [6.07, 6.45) is 4.17. The number of aromatic amines is 1. The van der Waals surface area contributed by atoms with Crippen LogP contribution in [0.3, 0.4) is 0 Å². The van der Waals surface area contributed by atoms with Crippen molar-refractivity contribution in [2.75, 3.05) is 11.5 Å². The SMILES string of the molecule is Nc1nc(/C(=N/O)C(=O)NC2S[C@H]3CC(=O)N3C(C(=O)O)=C2SCCc2cn[nH]c2)cs1. The summed E-state index contributed by atoms with van der Waals surface area (Å²) in [6, 6.07) is 0. The predicted octanol–water partition coefficient (Wildman–Crippen LogP) is 0.646. The highest BCUT2D eigenvalue weighted by molar-refractivity contribution is 8.06. The molecule has 32 heavy (non-hydrogen) atoms. The predicted molar refractivity (Wildman–Crippen MR) is 119 cm³/mol. The van der Waals surface area contributed by atoms with Gasteiger partial charge in [-0.2, -0.15) is 5.10 Å². The molecule has 4 rings (SSSR count). The molecule has 0 saturated carbocycles. The van der Waals surface area contributed by atoms with E-state index in [9.17, 15) is 24.7 Å². The van der Waals surface area contributed by atoms with Crippen molar-refractivity contribution < 1.29 is 24.7 Å². The molecular weight excluding hydrogens is 478 g/mol. The molecule has 1 unspecified atom stereocenters. The van der Waals surface area contributed by atoms with Gasteiger partial charge in [0.25, 0.3) is 5.91 Å². The fraction of sp³-hybridized carbons (Fsp3) is 0.294. The van der Waals surface area contributed by atoms with E-state index in [-0.39, 0.29) is 34.6 Å². The summed E-state index contributed by atoms with van der Waals surface area (Å²) in [5.41, 5.74) is 6.15. The molecule has 12 nitrogen and oxygen atoms in total. The maximum atomic E-state index is 12.8. The summed E-state index contributed by atoms with van der Waals surface area (Å²) in [6.45, 7) is 0. The molecule has 4 heterocycles. The zero-order valence-electron chi connectivity index (χ0n) is 16.2. The molecule has 0 radical (unpaired) electrons. The highest BCUT2D eigenvalue weighted by Crippen LogP contribution is 2.46. The quantitative estimate of drug-likeness (QED) is 0.151. The second-order valence-electron chi connectivity index (χ2n) is 6.65. The molecule has 2 aromatic heterocycles. The first-order valence-corrected chi connectivity index (χ1v) is 12.0. The van der Waals surface area contributed by atoms with Crippen molar-refractivity contribution in [3.63, 3.8) is 0 Å². The molecule has 1 fully saturated rings. The molecule has 2 aliphatic heterocycles. The van der Waals surface area contributed by atoms with E-state index in [1.165, 1.54) is 33.8 Å². The van der Waals surface area contributed by atoms with Gasteiger partial charge >= 0.3 is 5.97 Å². The summed E-state index contributed by atoms with van der Waals surface area (Å²) >= 11 is 3.57. The minimum atomic E-state index is -1.25. The van der Waals surface area contributed by atoms with E-state index in [4.69, 9.17) is 5.73 Å². The van der Waals surface area contributed by atoms with E-state index in [2.05, 4.69) is 25.7 Å². The van der Waals surface area contributed by atoms with Crippen LogP contribution < -0.4 is 11.1 Å². The summed E-state index contributed by atoms with van der Waals surface area (Å²) in [5, 5.41) is 32.1. The summed E-state index contributed by atoms with van der Waals surface area (Å²) in [7, 11) is 0. The van der Waals surface area contributed by atoms with Crippen LogP contribution in [0.4, 0.5) is 5.13 Å². The molecule has 2 aliphatic rings. The number of nitrogens with zero attached hydrogens (tertiary/aromatic N) is 4. The molecule has 0 spiro atoms. The van der Waals surface area contributed by atoms with E-state index in [1.54, 1.807) is 12.4 Å². The number of hydrogen-bond acceptors (Lipinski definition) is 11. The zero-order chi connectivity index (χ0) is 22.8. The number of nitrogens with two attached hydrogens (primary N) is 1. The number of hydrogen-bond donors (Lipinski definition) is 5. The molecule has 0 aliphatic carbocycles. The number of thiazole rings is 1. The summed E-state index contributed by atoms with van der Waals surface area (Å²) in [5.74, 6) is -1.79. The smallest absolute Gasteiger partial charge is 0.353 e. The normalized spacial score (nSPS) is 20.7. The Labute approximate surface area is 193 Å². The Morgan fingerprint density at radius 1 is 1.47 bits per heavy atom. The van der Waals surface area contributed by atoms with Gasteiger partial charge in [0.15, 0.2) is 10.8 Å². The second kappa shape index (κ2) is 9.22. The standard InChI is InChI=1S/C17H17N7O5S3/c18-17-21-8(6-31-17)11(23-29)14(26)22-15-13(30-2-1-7-4-19-20-5-7)12(16(27)28)24-9(25)3-10(24)32-15/h4-6,10,15,29H,1-3H2,(H2,18,21)(H,19,20)(H,22,26)(H,27,28)/b23-11-/t10-,15?/m0/s1. The number of carbonyl (C=O) groups excluding carboxylic acids is 2. The lowest BCUT2D eigenvalue weighted by Gasteiger charge is -2.46. The molecule has 2 amide bonds. The number of carboxylic acids is 1. The third-order valence-electron chi connectivity index (χ3n) is 4.66. The van der Waals surface area contributed by atoms with Gasteiger partial charge in [-0.25, -0.2) is 9.78 Å². The lowest BCUT2D eigenvalue weighted by molar-refractivity contribution is -0.146. The topological polar surface area (TPSA) is 187 Å². The Bertz CT molecular complexity index is 1110. The zero-order valence-corrected chi connectivity index (χ0v) is 18.7. The van der Waals surface area contributed by atoms with E-state index >= 15 is 0 Å². The average molecular weight is 496 g/mol. The van der Waals surface area contributed by atoms with E-state index in [1.807, 2.05) is 0 Å². The average Bonchev–Trinajstić information content (AvgIpc) is 3.41. The van der Waals surface area contributed by atoms with E-state index in [0.29, 0.717) is 17.1 Å². The molecule has 15 heteroatoms. The molecule has 0 aromatic carbocycles. The first-order chi connectivity index (χ1) is 15.4. The Kier molecular flexibility index (Phi) is 6.38. The molecular formula is C17H17N7O5S3. The fourth-order valence-corrected chi connectivity index (χ4v) is 6.49. The van der Waals surface area contributed by atoms with Crippen LogP contribution in [0.15, 0.2) is 33.5 Å². The van der Waals surface area contributed by atoms with Crippen molar-refractivity contribution >= 4 is 63.5 Å². The Morgan fingerprint density at radius 3 is 2.88 bits per heavy atom. The van der Waals surface area contributed by atoms with Crippen LogP contribution in [-0.4, -0.2) is 70.4 Å². The number of amides is 2. The van der Waals surface area contributed by atoms with Crippen molar-refractivity contribution in [3.8, 4) is 0 Å². The summed E-state index contributed by atoms with van der Waals surface area (Å²) in [4.78, 5) is 42.5. The number of carboxylic acid groups (broad SMARTS) is 1. The summed E-state index contributed by atoms with van der Waals surface area (Å²) < 4.78 is 0.